The Kier molecular flexibility index (Phi) is 10.4. The van der Waals surface area contributed by atoms with E-state index in [4.69, 9.17) is 5.11 Å². The SMILES string of the molecule is CC(=O)CCC(=O)O.[CsH]. The summed E-state index contributed by atoms with van der Waals surface area (Å²) in [5, 5.41) is 8.01. The van der Waals surface area contributed by atoms with E-state index >= 15 is 0 Å². The average Bonchev–Trinajstić information content (AvgIpc) is 1.61. The summed E-state index contributed by atoms with van der Waals surface area (Å²) in [6.07, 6.45) is 0.102. The molecule has 0 heterocycles. The minimum atomic E-state index is -0.916. The summed E-state index contributed by atoms with van der Waals surface area (Å²) < 4.78 is 0. The van der Waals surface area contributed by atoms with Gasteiger partial charge in [-0.25, -0.2) is 0 Å². The molecule has 0 aliphatic heterocycles. The molecule has 0 aromatic rings. The van der Waals surface area contributed by atoms with Gasteiger partial charge in [-0.05, 0) is 6.92 Å². The van der Waals surface area contributed by atoms with Crippen molar-refractivity contribution in [3.05, 3.63) is 0 Å². The van der Waals surface area contributed by atoms with Gasteiger partial charge in [0.15, 0.2) is 0 Å². The number of hydrogen-bond acceptors (Lipinski definition) is 2. The van der Waals surface area contributed by atoms with Gasteiger partial charge in [0.1, 0.15) is 5.78 Å². The van der Waals surface area contributed by atoms with Gasteiger partial charge in [-0.3, -0.25) is 4.79 Å². The van der Waals surface area contributed by atoms with Crippen LogP contribution in [-0.4, -0.2) is 85.8 Å². The molecule has 0 aliphatic rings. The Morgan fingerprint density at radius 1 is 1.33 bits per heavy atom. The van der Waals surface area contributed by atoms with E-state index in [0.717, 1.165) is 0 Å². The summed E-state index contributed by atoms with van der Waals surface area (Å²) >= 11 is 0. The van der Waals surface area contributed by atoms with Crippen molar-refractivity contribution >= 4 is 80.6 Å². The predicted molar refractivity (Wildman–Crippen MR) is 34.7 cm³/mol. The van der Waals surface area contributed by atoms with Crippen LogP contribution in [0.15, 0.2) is 0 Å². The summed E-state index contributed by atoms with van der Waals surface area (Å²) in [6.45, 7) is 1.38. The molecule has 0 atom stereocenters. The van der Waals surface area contributed by atoms with E-state index in [1.807, 2.05) is 0 Å². The van der Waals surface area contributed by atoms with Gasteiger partial charge in [0.2, 0.25) is 0 Å². The van der Waals surface area contributed by atoms with Crippen molar-refractivity contribution in [2.24, 2.45) is 0 Å². The van der Waals surface area contributed by atoms with Crippen molar-refractivity contribution < 1.29 is 14.7 Å². The molecule has 0 fully saturated rings. The molecule has 0 aromatic heterocycles. The van der Waals surface area contributed by atoms with Crippen LogP contribution in [0.2, 0.25) is 0 Å². The molecule has 0 aliphatic carbocycles. The summed E-state index contributed by atoms with van der Waals surface area (Å²) in [5.74, 6) is -0.993. The first kappa shape index (κ1) is 12.8. The van der Waals surface area contributed by atoms with Crippen molar-refractivity contribution in [1.29, 1.82) is 0 Å². The Labute approximate surface area is 113 Å². The Morgan fingerprint density at radius 2 is 1.78 bits per heavy atom. The normalized spacial score (nSPS) is 7.67. The molecule has 0 bridgehead atoms. The average molecular weight is 250 g/mol. The van der Waals surface area contributed by atoms with E-state index < -0.39 is 5.97 Å². The van der Waals surface area contributed by atoms with Gasteiger partial charge in [0.25, 0.3) is 0 Å². The van der Waals surface area contributed by atoms with Crippen LogP contribution in [-0.2, 0) is 9.59 Å². The van der Waals surface area contributed by atoms with Crippen LogP contribution in [0.4, 0.5) is 0 Å². The summed E-state index contributed by atoms with van der Waals surface area (Å²) in [7, 11) is 0. The second kappa shape index (κ2) is 7.30. The topological polar surface area (TPSA) is 54.4 Å². The number of carbonyl (C=O) groups is 2. The summed E-state index contributed by atoms with van der Waals surface area (Å²) in [5.41, 5.74) is 0. The van der Waals surface area contributed by atoms with E-state index in [0.29, 0.717) is 0 Å². The Morgan fingerprint density at radius 3 is 1.89 bits per heavy atom. The van der Waals surface area contributed by atoms with Gasteiger partial charge in [-0.1, -0.05) is 0 Å². The van der Waals surface area contributed by atoms with Crippen LogP contribution in [0.5, 0.6) is 0 Å². The Balaban J connectivity index is 0. The van der Waals surface area contributed by atoms with E-state index in [9.17, 15) is 9.59 Å². The number of carboxylic acids is 1. The zero-order valence-corrected chi connectivity index (χ0v) is 4.68. The first-order chi connectivity index (χ1) is 3.63. The fourth-order valence-corrected chi connectivity index (χ4v) is 0.283. The fraction of sp³-hybridized carbons (Fsp3) is 0.600. The number of carbonyl (C=O) groups excluding carboxylic acids is 1. The maximum absolute atomic E-state index is 10.1. The van der Waals surface area contributed by atoms with Crippen LogP contribution >= 0.6 is 0 Å². The number of carboxylic acid groups (broad SMARTS) is 1. The Hall–Kier alpha value is 1.19. The molecule has 4 heteroatoms. The van der Waals surface area contributed by atoms with Crippen molar-refractivity contribution in [3.8, 4) is 0 Å². The number of ketones is 1. The van der Waals surface area contributed by atoms with Crippen molar-refractivity contribution in [2.45, 2.75) is 19.8 Å². The number of Topliss-reactive ketones (excluding diaryl/α,β-unsaturated/α-hetero) is 1. The summed E-state index contributed by atoms with van der Waals surface area (Å²) in [4.78, 5) is 19.8. The predicted octanol–water partition coefficient (Wildman–Crippen LogP) is -0.208. The third-order valence-electron chi connectivity index (χ3n) is 0.691. The van der Waals surface area contributed by atoms with Gasteiger partial charge >= 0.3 is 74.9 Å². The van der Waals surface area contributed by atoms with Gasteiger partial charge in [-0.2, -0.15) is 0 Å². The maximum atomic E-state index is 10.1. The monoisotopic (exact) mass is 250 g/mol. The molecule has 0 rings (SSSR count). The standard InChI is InChI=1S/C5H8O3.Cs.H/c1-4(6)2-3-5(7)8;;/h2-3H2,1H3,(H,7,8);;. The van der Waals surface area contributed by atoms with E-state index in [1.165, 1.54) is 6.92 Å². The number of aliphatic carboxylic acids is 1. The molecule has 48 valence electrons. The van der Waals surface area contributed by atoms with Crippen LogP contribution < -0.4 is 0 Å². The molecular weight excluding hydrogens is 241 g/mol. The van der Waals surface area contributed by atoms with E-state index in [1.54, 1.807) is 0 Å². The van der Waals surface area contributed by atoms with Crippen molar-refractivity contribution in [1.82, 2.24) is 0 Å². The molecule has 3 nitrogen and oxygen atoms in total. The van der Waals surface area contributed by atoms with Crippen LogP contribution in [0.3, 0.4) is 0 Å². The van der Waals surface area contributed by atoms with Crippen LogP contribution in [0.25, 0.3) is 0 Å². The van der Waals surface area contributed by atoms with E-state index in [-0.39, 0.29) is 87.5 Å². The van der Waals surface area contributed by atoms with Crippen molar-refractivity contribution in [2.75, 3.05) is 0 Å². The van der Waals surface area contributed by atoms with E-state index in [2.05, 4.69) is 0 Å². The first-order valence-corrected chi connectivity index (χ1v) is 2.34. The molecular formula is C5H9CsO3. The summed E-state index contributed by atoms with van der Waals surface area (Å²) in [6, 6.07) is 0. The zero-order chi connectivity index (χ0) is 6.57. The fourth-order valence-electron chi connectivity index (χ4n) is 0.283. The molecule has 0 radical (unpaired) electrons. The molecule has 0 saturated heterocycles. The molecule has 0 spiro atoms. The molecule has 9 heavy (non-hydrogen) atoms. The first-order valence-electron chi connectivity index (χ1n) is 2.34. The van der Waals surface area contributed by atoms with Gasteiger partial charge < -0.3 is 9.90 Å². The molecule has 0 aromatic carbocycles. The zero-order valence-electron chi connectivity index (χ0n) is 4.68. The third-order valence-corrected chi connectivity index (χ3v) is 0.691. The minimum absolute atomic E-state index is 0. The molecule has 0 unspecified atom stereocenters. The molecule has 1 N–H and O–H groups in total. The molecule has 0 amide bonds. The second-order valence-electron chi connectivity index (χ2n) is 1.60. The quantitative estimate of drug-likeness (QED) is 0.754. The molecule has 0 saturated carbocycles. The third kappa shape index (κ3) is 12.4. The van der Waals surface area contributed by atoms with Gasteiger partial charge in [0, 0.05) is 6.42 Å². The second-order valence-corrected chi connectivity index (χ2v) is 1.60. The Bertz CT molecular complexity index is 96.8. The van der Waals surface area contributed by atoms with Crippen molar-refractivity contribution in [3.63, 3.8) is 0 Å². The van der Waals surface area contributed by atoms with Gasteiger partial charge in [0.05, 0.1) is 6.42 Å². The number of rotatable bonds is 3. The van der Waals surface area contributed by atoms with Gasteiger partial charge in [-0.15, -0.1) is 0 Å². The van der Waals surface area contributed by atoms with Crippen LogP contribution in [0, 0.1) is 0 Å². The van der Waals surface area contributed by atoms with Crippen LogP contribution in [0.1, 0.15) is 19.8 Å². The number of hydrogen-bond donors (Lipinski definition) is 1.